The molecule has 0 saturated carbocycles. The van der Waals surface area contributed by atoms with Gasteiger partial charge in [0.2, 0.25) is 5.75 Å². The second-order valence-electron chi connectivity index (χ2n) is 5.57. The van der Waals surface area contributed by atoms with Gasteiger partial charge in [0.15, 0.2) is 0 Å². The fraction of sp³-hybridized carbons (Fsp3) is 0.524. The number of para-hydroxylation sites is 1. The molecule has 0 radical (unpaired) electrons. The Labute approximate surface area is 201 Å². The molecule has 1 unspecified atom stereocenters. The quantitative estimate of drug-likeness (QED) is 0.352. The third kappa shape index (κ3) is 11.0. The van der Waals surface area contributed by atoms with Crippen LogP contribution in [0.5, 0.6) is 0 Å². The van der Waals surface area contributed by atoms with E-state index in [1.54, 1.807) is 13.0 Å². The summed E-state index contributed by atoms with van der Waals surface area (Å²) in [4.78, 5) is 16.2. The second-order valence-corrected chi connectivity index (χ2v) is 5.57. The first kappa shape index (κ1) is 28.4. The van der Waals surface area contributed by atoms with Crippen LogP contribution >= 0.6 is 0 Å². The van der Waals surface area contributed by atoms with Crippen LogP contribution < -0.4 is 5.75 Å². The smallest absolute Gasteiger partial charge is 0.310 e. The maximum Gasteiger partial charge on any atom is 0.310 e. The molecule has 5 nitrogen and oxygen atoms in total. The molecule has 0 aliphatic carbocycles. The van der Waals surface area contributed by atoms with Crippen molar-refractivity contribution in [3.8, 4) is 0 Å². The van der Waals surface area contributed by atoms with Gasteiger partial charge in [0.1, 0.15) is 0 Å². The van der Waals surface area contributed by atoms with Crippen molar-refractivity contribution in [2.75, 3.05) is 6.61 Å². The van der Waals surface area contributed by atoms with E-state index >= 15 is 0 Å². The maximum atomic E-state index is 12.0. The number of hydrogen-bond acceptors (Lipinski definition) is 5. The van der Waals surface area contributed by atoms with Gasteiger partial charge in [-0.3, -0.25) is 9.79 Å². The third-order valence-corrected chi connectivity index (χ3v) is 3.63. The molecule has 0 fully saturated rings. The van der Waals surface area contributed by atoms with E-state index in [0.717, 1.165) is 18.4 Å². The minimum Gasteiger partial charge on any atom is -0.600 e. The van der Waals surface area contributed by atoms with Gasteiger partial charge in [-0.1, -0.05) is 59.7 Å². The molecule has 0 aliphatic heterocycles. The Bertz CT molecular complexity index is 706. The van der Waals surface area contributed by atoms with E-state index < -0.39 is 0 Å². The zero-order valence-electron chi connectivity index (χ0n) is 16.1. The zero-order valence-corrected chi connectivity index (χ0v) is 17.8. The molecule has 0 N–H and O–H groups in total. The molecule has 0 aliphatic rings. The first-order valence-electron chi connectivity index (χ1n) is 8.85. The molecular weight excluding hydrogens is 503 g/mol. The molecule has 0 spiro atoms. The second kappa shape index (κ2) is 16.2. The first-order chi connectivity index (χ1) is 12.1. The van der Waals surface area contributed by atoms with Crippen molar-refractivity contribution in [2.24, 2.45) is 10.9 Å². The number of nitrogens with zero attached hydrogens (tertiary/aromatic N) is 1. The summed E-state index contributed by atoms with van der Waals surface area (Å²) in [6, 6.07) is 7.34. The van der Waals surface area contributed by atoms with Gasteiger partial charge in [0, 0.05) is 52.7 Å². The molecule has 27 heavy (non-hydrogen) atoms. The van der Waals surface area contributed by atoms with E-state index in [1.807, 2.05) is 32.0 Å². The van der Waals surface area contributed by atoms with Crippen LogP contribution in [0.25, 0.3) is 0 Å². The largest absolute Gasteiger partial charge is 0.600 e. The van der Waals surface area contributed by atoms with Crippen LogP contribution in [0.3, 0.4) is 0 Å². The molecule has 1 heterocycles. The number of aryl methyl sites for hydroxylation is 1. The van der Waals surface area contributed by atoms with Gasteiger partial charge in [-0.2, -0.15) is 0 Å². The molecule has 2 aromatic rings. The monoisotopic (exact) mass is 536 g/mol. The van der Waals surface area contributed by atoms with Gasteiger partial charge >= 0.3 is 5.97 Å². The summed E-state index contributed by atoms with van der Waals surface area (Å²) in [7, 11) is 0. The Morgan fingerprint density at radius 3 is 2.56 bits per heavy atom. The number of carbonyl (C=O) groups is 1. The SMILES string of the molecule is C.CC.CCC(C)CCOC(=O)Cc1ccccc1N=c1o[c-]c(C)o1.[Yb]. The molecule has 0 saturated heterocycles. The number of benzene rings is 1. The molecule has 6 heteroatoms. The molecule has 1 aromatic heterocycles. The van der Waals surface area contributed by atoms with Crippen LogP contribution in [0.4, 0.5) is 5.69 Å². The standard InChI is InChI=1S/C18H22NO4.C2H6.CH4.Yb/c1-4-13(2)9-10-21-17(20)11-15-7-5-6-8-16(15)19-18-22-12-14(3)23-18;1-2;;/h5-8,13H,4,9-11H2,1-3H3;1-2H3;1H4;/q-1;;;. The van der Waals surface area contributed by atoms with Crippen LogP contribution in [0.15, 0.2) is 38.1 Å². The van der Waals surface area contributed by atoms with Crippen LogP contribution in [-0.2, 0) is 16.0 Å². The summed E-state index contributed by atoms with van der Waals surface area (Å²) in [6.45, 7) is 10.5. The number of carbonyl (C=O) groups excluding carboxylic acids is 1. The normalized spacial score (nSPS) is 11.4. The summed E-state index contributed by atoms with van der Waals surface area (Å²) in [5.41, 5.74) is 1.39. The molecule has 160 valence electrons. The van der Waals surface area contributed by atoms with Crippen molar-refractivity contribution in [3.05, 3.63) is 47.6 Å². The summed E-state index contributed by atoms with van der Waals surface area (Å²) in [5.74, 6) is 0.936. The van der Waals surface area contributed by atoms with Gasteiger partial charge in [0.05, 0.1) is 18.7 Å². The van der Waals surface area contributed by atoms with Crippen LogP contribution in [0.2, 0.25) is 0 Å². The van der Waals surface area contributed by atoms with Gasteiger partial charge in [-0.25, -0.2) is 0 Å². The average molecular weight is 536 g/mol. The summed E-state index contributed by atoms with van der Waals surface area (Å²) < 4.78 is 15.6. The van der Waals surface area contributed by atoms with Crippen molar-refractivity contribution in [3.63, 3.8) is 0 Å². The van der Waals surface area contributed by atoms with Gasteiger partial charge in [-0.15, -0.1) is 0 Å². The third-order valence-electron chi connectivity index (χ3n) is 3.63. The summed E-state index contributed by atoms with van der Waals surface area (Å²) in [6.07, 6.45) is 4.71. The average Bonchev–Trinajstić information content (AvgIpc) is 3.03. The number of hydrogen-bond donors (Lipinski definition) is 0. The topological polar surface area (TPSA) is 64.9 Å². The Hall–Kier alpha value is -0.781. The fourth-order valence-electron chi connectivity index (χ4n) is 1.99. The van der Waals surface area contributed by atoms with E-state index in [0.29, 0.717) is 24.0 Å². The number of esters is 1. The predicted octanol–water partition coefficient (Wildman–Crippen LogP) is 5.40. The first-order valence-corrected chi connectivity index (χ1v) is 8.85. The molecule has 1 atom stereocenters. The van der Waals surface area contributed by atoms with E-state index in [2.05, 4.69) is 25.1 Å². The maximum absolute atomic E-state index is 12.0. The predicted molar refractivity (Wildman–Crippen MR) is 103 cm³/mol. The minimum absolute atomic E-state index is 0. The number of ether oxygens (including phenoxy) is 1. The van der Waals surface area contributed by atoms with Gasteiger partial charge in [0.25, 0.3) is 0 Å². The minimum atomic E-state index is -0.255. The molecule has 1 aromatic carbocycles. The molecular formula is C21H32NO4Yb-. The van der Waals surface area contributed by atoms with Crippen molar-refractivity contribution in [2.45, 2.75) is 61.3 Å². The molecule has 0 amide bonds. The summed E-state index contributed by atoms with van der Waals surface area (Å²) in [5, 5.41) is 0. The van der Waals surface area contributed by atoms with Gasteiger partial charge in [-0.05, 0) is 37.2 Å². The van der Waals surface area contributed by atoms with Crippen LogP contribution in [0.1, 0.15) is 59.3 Å². The van der Waals surface area contributed by atoms with E-state index in [9.17, 15) is 4.79 Å². The van der Waals surface area contributed by atoms with Crippen molar-refractivity contribution < 1.29 is 65.3 Å². The van der Waals surface area contributed by atoms with Crippen LogP contribution in [0, 0.1) is 66.0 Å². The fourth-order valence-corrected chi connectivity index (χ4v) is 1.99. The van der Waals surface area contributed by atoms with Crippen molar-refractivity contribution in [1.29, 1.82) is 0 Å². The Balaban J connectivity index is 0. The van der Waals surface area contributed by atoms with Gasteiger partial charge < -0.3 is 13.6 Å². The summed E-state index contributed by atoms with van der Waals surface area (Å²) >= 11 is 0. The number of rotatable bonds is 7. The molecule has 2 rings (SSSR count). The molecule has 0 bridgehead atoms. The van der Waals surface area contributed by atoms with Crippen molar-refractivity contribution >= 4 is 11.7 Å². The Morgan fingerprint density at radius 1 is 1.30 bits per heavy atom. The Morgan fingerprint density at radius 2 is 1.96 bits per heavy atom. The van der Waals surface area contributed by atoms with Crippen molar-refractivity contribution in [1.82, 2.24) is 0 Å². The van der Waals surface area contributed by atoms with E-state index in [1.165, 1.54) is 0 Å². The zero-order chi connectivity index (χ0) is 18.7. The van der Waals surface area contributed by atoms with Crippen LogP contribution in [-0.4, -0.2) is 12.6 Å². The van der Waals surface area contributed by atoms with E-state index in [-0.39, 0.29) is 72.5 Å². The van der Waals surface area contributed by atoms with E-state index in [4.69, 9.17) is 13.6 Å². The Kier molecular flexibility index (Phi) is 17.1.